The summed E-state index contributed by atoms with van der Waals surface area (Å²) in [6.07, 6.45) is 8.53. The average Bonchev–Trinajstić information content (AvgIpc) is 3.33. The Hall–Kier alpha value is -3.13. The molecular formula is C38H44NO+. The molecule has 3 aromatic carbocycles. The summed E-state index contributed by atoms with van der Waals surface area (Å²) in [6, 6.07) is 17.7. The topological polar surface area (TPSA) is 17.0 Å². The summed E-state index contributed by atoms with van der Waals surface area (Å²) >= 11 is 0. The van der Waals surface area contributed by atoms with Gasteiger partial charge in [-0.25, -0.2) is 4.57 Å². The lowest BCUT2D eigenvalue weighted by Crippen LogP contribution is -2.34. The van der Waals surface area contributed by atoms with Gasteiger partial charge >= 0.3 is 0 Å². The molecule has 2 aliphatic rings. The van der Waals surface area contributed by atoms with E-state index in [1.807, 2.05) is 12.3 Å². The fraction of sp³-hybridized carbons (Fsp3) is 0.447. The van der Waals surface area contributed by atoms with Crippen molar-refractivity contribution in [2.24, 2.45) is 13.0 Å². The highest BCUT2D eigenvalue weighted by Gasteiger charge is 2.38. The zero-order valence-corrected chi connectivity index (χ0v) is 25.1. The third-order valence-electron chi connectivity index (χ3n) is 10.2. The van der Waals surface area contributed by atoms with E-state index in [1.165, 1.54) is 41.2 Å². The van der Waals surface area contributed by atoms with Gasteiger partial charge in [0.1, 0.15) is 18.2 Å². The van der Waals surface area contributed by atoms with E-state index in [2.05, 4.69) is 88.7 Å². The third-order valence-corrected chi connectivity index (χ3v) is 10.2. The van der Waals surface area contributed by atoms with Crippen molar-refractivity contribution in [1.82, 2.24) is 0 Å². The highest BCUT2D eigenvalue weighted by Crippen LogP contribution is 2.50. The number of pyridine rings is 1. The van der Waals surface area contributed by atoms with E-state index in [-0.39, 0.29) is 16.7 Å². The number of benzene rings is 3. The monoisotopic (exact) mass is 532 g/mol. The molecule has 0 N–H and O–H groups in total. The lowest BCUT2D eigenvalue weighted by molar-refractivity contribution is -0.660. The molecule has 40 heavy (non-hydrogen) atoms. The molecule has 0 amide bonds. The number of aromatic nitrogens is 1. The van der Waals surface area contributed by atoms with Crippen molar-refractivity contribution in [3.05, 3.63) is 77.0 Å². The van der Waals surface area contributed by atoms with Crippen molar-refractivity contribution in [3.63, 3.8) is 0 Å². The summed E-state index contributed by atoms with van der Waals surface area (Å²) in [7, 11) is 2.06. The SMILES string of the molecule is [2H]C([2H])(c1cc[n+](C)c(-c2cc3c(cc2C)oc2c4ccc5c(c4ccc32)C(C)(C)CCC5(C)C)c1)C1CCCCC1. The molecule has 0 radical (unpaired) electrons. The summed E-state index contributed by atoms with van der Waals surface area (Å²) in [4.78, 5) is 0. The molecule has 0 unspecified atom stereocenters. The van der Waals surface area contributed by atoms with Gasteiger partial charge in [-0.1, -0.05) is 78.0 Å². The first-order chi connectivity index (χ1) is 19.9. The lowest BCUT2D eigenvalue weighted by Gasteiger charge is -2.42. The molecule has 0 aliphatic heterocycles. The summed E-state index contributed by atoms with van der Waals surface area (Å²) in [5, 5.41) is 4.77. The number of aryl methyl sites for hydroxylation is 2. The van der Waals surface area contributed by atoms with E-state index in [1.54, 1.807) is 0 Å². The van der Waals surface area contributed by atoms with Gasteiger partial charge in [0.25, 0.3) is 0 Å². The molecule has 2 aromatic heterocycles. The smallest absolute Gasteiger partial charge is 0.212 e. The Morgan fingerprint density at radius 3 is 2.35 bits per heavy atom. The van der Waals surface area contributed by atoms with Crippen LogP contribution >= 0.6 is 0 Å². The minimum absolute atomic E-state index is 0.0859. The molecule has 0 saturated heterocycles. The third kappa shape index (κ3) is 4.09. The minimum Gasteiger partial charge on any atom is -0.455 e. The Bertz CT molecular complexity index is 1870. The van der Waals surface area contributed by atoms with E-state index in [0.29, 0.717) is 0 Å². The van der Waals surface area contributed by atoms with Crippen LogP contribution in [0.2, 0.25) is 0 Å². The van der Waals surface area contributed by atoms with Gasteiger partial charge in [-0.3, -0.25) is 0 Å². The van der Waals surface area contributed by atoms with E-state index in [4.69, 9.17) is 7.16 Å². The number of hydrogen-bond donors (Lipinski definition) is 0. The van der Waals surface area contributed by atoms with Crippen LogP contribution in [0.5, 0.6) is 0 Å². The maximum Gasteiger partial charge on any atom is 0.212 e. The van der Waals surface area contributed by atoms with Crippen molar-refractivity contribution in [2.75, 3.05) is 0 Å². The molecule has 0 atom stereocenters. The van der Waals surface area contributed by atoms with Crippen molar-refractivity contribution >= 4 is 32.7 Å². The molecule has 2 heterocycles. The van der Waals surface area contributed by atoms with Gasteiger partial charge in [0, 0.05) is 36.6 Å². The molecular weight excluding hydrogens is 486 g/mol. The fourth-order valence-electron chi connectivity index (χ4n) is 7.65. The maximum atomic E-state index is 9.10. The van der Waals surface area contributed by atoms with Gasteiger partial charge in [0.2, 0.25) is 5.69 Å². The van der Waals surface area contributed by atoms with Gasteiger partial charge in [0.15, 0.2) is 6.20 Å². The standard InChI is InChI=1S/C38H44NO/c1-24-20-34-31(23-30(24)33-22-26(16-19-39(33)6)21-25-10-8-7-9-11-25)29-13-12-27-28(36(29)40-34)14-15-32-35(27)38(4,5)18-17-37(32,2)3/h12-16,19-20,22-23,25H,7-11,17-18,21H2,1-6H3/q+1/i21D2. The maximum absolute atomic E-state index is 9.10. The largest absolute Gasteiger partial charge is 0.455 e. The second-order valence-electron chi connectivity index (χ2n) is 13.9. The average molecular weight is 533 g/mol. The lowest BCUT2D eigenvalue weighted by atomic mass is 9.62. The van der Waals surface area contributed by atoms with E-state index in [9.17, 15) is 0 Å². The van der Waals surface area contributed by atoms with Crippen molar-refractivity contribution < 1.29 is 11.7 Å². The number of furan rings is 1. The number of fused-ring (bicyclic) bond motifs is 7. The van der Waals surface area contributed by atoms with Gasteiger partial charge in [0.05, 0.1) is 0 Å². The van der Waals surface area contributed by atoms with Crippen LogP contribution in [-0.2, 0) is 24.3 Å². The van der Waals surface area contributed by atoms with Gasteiger partial charge in [-0.2, -0.15) is 0 Å². The molecule has 0 spiro atoms. The van der Waals surface area contributed by atoms with Gasteiger partial charge in [-0.05, 0) is 88.7 Å². The van der Waals surface area contributed by atoms with E-state index >= 15 is 0 Å². The summed E-state index contributed by atoms with van der Waals surface area (Å²) < 4.78 is 27.0. The van der Waals surface area contributed by atoms with Crippen LogP contribution in [0, 0.1) is 12.8 Å². The first-order valence-electron chi connectivity index (χ1n) is 16.3. The quantitative estimate of drug-likeness (QED) is 0.211. The normalized spacial score (nSPS) is 20.1. The molecule has 1 saturated carbocycles. The predicted molar refractivity (Wildman–Crippen MR) is 168 cm³/mol. The number of rotatable bonds is 3. The summed E-state index contributed by atoms with van der Waals surface area (Å²) in [6.45, 7) is 11.7. The summed E-state index contributed by atoms with van der Waals surface area (Å²) in [5.74, 6) is 0.0859. The fourth-order valence-corrected chi connectivity index (χ4v) is 7.65. The minimum atomic E-state index is -1.33. The Labute approximate surface area is 242 Å². The van der Waals surface area contributed by atoms with Crippen molar-refractivity contribution in [2.45, 2.75) is 96.8 Å². The molecule has 206 valence electrons. The molecule has 1 fully saturated rings. The molecule has 7 rings (SSSR count). The summed E-state index contributed by atoms with van der Waals surface area (Å²) in [5.41, 5.74) is 9.22. The van der Waals surface area contributed by atoms with Gasteiger partial charge in [-0.15, -0.1) is 0 Å². The van der Waals surface area contributed by atoms with Crippen molar-refractivity contribution in [1.29, 1.82) is 0 Å². The van der Waals surface area contributed by atoms with Gasteiger partial charge < -0.3 is 4.42 Å². The first kappa shape index (κ1) is 23.6. The molecule has 2 heteroatoms. The Morgan fingerprint density at radius 1 is 0.850 bits per heavy atom. The zero-order valence-electron chi connectivity index (χ0n) is 27.1. The second-order valence-corrected chi connectivity index (χ2v) is 13.9. The van der Waals surface area contributed by atoms with Crippen LogP contribution in [0.4, 0.5) is 0 Å². The Morgan fingerprint density at radius 2 is 1.55 bits per heavy atom. The molecule has 2 nitrogen and oxygen atoms in total. The molecule has 0 bridgehead atoms. The molecule has 2 aliphatic carbocycles. The van der Waals surface area contributed by atoms with Crippen LogP contribution in [0.15, 0.2) is 59.1 Å². The first-order valence-corrected chi connectivity index (χ1v) is 15.3. The number of hydrogen-bond acceptors (Lipinski definition) is 1. The Balaban J connectivity index is 1.40. The van der Waals surface area contributed by atoms with Crippen LogP contribution in [-0.4, -0.2) is 0 Å². The van der Waals surface area contributed by atoms with Crippen LogP contribution in [0.1, 0.15) is 97.6 Å². The van der Waals surface area contributed by atoms with Crippen LogP contribution in [0.3, 0.4) is 0 Å². The highest BCUT2D eigenvalue weighted by molar-refractivity contribution is 6.16. The highest BCUT2D eigenvalue weighted by atomic mass is 16.3. The van der Waals surface area contributed by atoms with Crippen LogP contribution in [0.25, 0.3) is 44.0 Å². The number of nitrogens with zero attached hydrogens (tertiary/aromatic N) is 1. The van der Waals surface area contributed by atoms with Crippen molar-refractivity contribution in [3.8, 4) is 11.3 Å². The second kappa shape index (κ2) is 9.20. The van der Waals surface area contributed by atoms with E-state index < -0.39 is 6.37 Å². The Kier molecular flexibility index (Phi) is 5.42. The van der Waals surface area contributed by atoms with E-state index in [0.717, 1.165) is 70.0 Å². The zero-order chi connectivity index (χ0) is 29.6. The molecule has 5 aromatic rings. The van der Waals surface area contributed by atoms with Crippen LogP contribution < -0.4 is 4.57 Å². The predicted octanol–water partition coefficient (Wildman–Crippen LogP) is 10.0.